The molecular weight excluding hydrogens is 302 g/mol. The van der Waals surface area contributed by atoms with Crippen molar-refractivity contribution in [1.82, 2.24) is 5.32 Å². The molecular formula is C16H24BrNO. The van der Waals surface area contributed by atoms with Crippen LogP contribution in [0.2, 0.25) is 0 Å². The predicted octanol–water partition coefficient (Wildman–Crippen LogP) is 4.83. The van der Waals surface area contributed by atoms with Crippen LogP contribution in [0.3, 0.4) is 0 Å². The Hall–Kier alpha value is -0.540. The summed E-state index contributed by atoms with van der Waals surface area (Å²) >= 11 is 3.64. The van der Waals surface area contributed by atoms with Crippen molar-refractivity contribution >= 4 is 15.9 Å². The summed E-state index contributed by atoms with van der Waals surface area (Å²) in [6.07, 6.45) is 6.77. The van der Waals surface area contributed by atoms with E-state index in [1.807, 2.05) is 0 Å². The zero-order chi connectivity index (χ0) is 13.7. The van der Waals surface area contributed by atoms with Gasteiger partial charge in [-0.15, -0.1) is 0 Å². The van der Waals surface area contributed by atoms with Crippen LogP contribution in [0.1, 0.15) is 57.6 Å². The highest BCUT2D eigenvalue weighted by Crippen LogP contribution is 2.31. The van der Waals surface area contributed by atoms with E-state index in [2.05, 4.69) is 53.3 Å². The van der Waals surface area contributed by atoms with Gasteiger partial charge in [0.2, 0.25) is 0 Å². The Morgan fingerprint density at radius 2 is 2.05 bits per heavy atom. The summed E-state index contributed by atoms with van der Waals surface area (Å²) in [5, 5.41) is 3.43. The molecule has 0 heterocycles. The molecule has 1 N–H and O–H groups in total. The topological polar surface area (TPSA) is 21.3 Å². The Bertz CT molecular complexity index is 402. The highest BCUT2D eigenvalue weighted by molar-refractivity contribution is 9.10. The van der Waals surface area contributed by atoms with Gasteiger partial charge in [-0.25, -0.2) is 0 Å². The molecule has 2 nitrogen and oxygen atoms in total. The predicted molar refractivity (Wildman–Crippen MR) is 83.7 cm³/mol. The summed E-state index contributed by atoms with van der Waals surface area (Å²) in [7, 11) is 0. The van der Waals surface area contributed by atoms with Gasteiger partial charge in [0.15, 0.2) is 0 Å². The van der Waals surface area contributed by atoms with E-state index in [0.29, 0.717) is 12.1 Å². The van der Waals surface area contributed by atoms with E-state index in [0.717, 1.165) is 16.8 Å². The van der Waals surface area contributed by atoms with Gasteiger partial charge in [0.25, 0.3) is 0 Å². The van der Waals surface area contributed by atoms with Crippen molar-refractivity contribution in [2.75, 3.05) is 6.54 Å². The van der Waals surface area contributed by atoms with E-state index >= 15 is 0 Å². The van der Waals surface area contributed by atoms with Crippen molar-refractivity contribution in [2.45, 2.75) is 58.1 Å². The minimum Gasteiger partial charge on any atom is -0.489 e. The Balaban J connectivity index is 2.01. The summed E-state index contributed by atoms with van der Waals surface area (Å²) in [5.74, 6) is 0.986. The quantitative estimate of drug-likeness (QED) is 0.837. The minimum atomic E-state index is 0.380. The summed E-state index contributed by atoms with van der Waals surface area (Å²) < 4.78 is 7.18. The van der Waals surface area contributed by atoms with Crippen molar-refractivity contribution < 1.29 is 4.74 Å². The Morgan fingerprint density at radius 1 is 1.32 bits per heavy atom. The Morgan fingerprint density at radius 3 is 2.68 bits per heavy atom. The molecule has 3 heteroatoms. The van der Waals surface area contributed by atoms with Crippen LogP contribution in [0.25, 0.3) is 0 Å². The first-order valence-corrected chi connectivity index (χ1v) is 8.19. The highest BCUT2D eigenvalue weighted by atomic mass is 79.9. The molecule has 0 radical (unpaired) electrons. The lowest BCUT2D eigenvalue weighted by molar-refractivity contribution is 0.154. The fraction of sp³-hybridized carbons (Fsp3) is 0.625. The largest absolute Gasteiger partial charge is 0.489 e. The van der Waals surface area contributed by atoms with Gasteiger partial charge >= 0.3 is 0 Å². The second-order valence-electron chi connectivity index (χ2n) is 5.35. The first kappa shape index (κ1) is 14.9. The molecule has 1 aliphatic carbocycles. The van der Waals surface area contributed by atoms with Gasteiger partial charge in [-0.2, -0.15) is 0 Å². The molecule has 0 amide bonds. The van der Waals surface area contributed by atoms with E-state index in [-0.39, 0.29) is 0 Å². The average molecular weight is 326 g/mol. The number of nitrogens with one attached hydrogen (secondary N) is 1. The lowest BCUT2D eigenvalue weighted by atomic mass is 9.98. The van der Waals surface area contributed by atoms with E-state index in [4.69, 9.17) is 4.74 Å². The molecule has 0 aromatic heterocycles. The number of ether oxygens (including phenoxy) is 1. The minimum absolute atomic E-state index is 0.380. The molecule has 1 aliphatic rings. The van der Waals surface area contributed by atoms with Crippen LogP contribution in [0.5, 0.6) is 5.75 Å². The van der Waals surface area contributed by atoms with Gasteiger partial charge in [-0.05, 0) is 72.8 Å². The molecule has 0 bridgehead atoms. The standard InChI is InChI=1S/C16H24BrNO/c1-3-18-12(2)13-9-10-16(15(17)11-13)19-14-7-5-4-6-8-14/h9-12,14,18H,3-8H2,1-2H3. The average Bonchev–Trinajstić information content (AvgIpc) is 2.42. The van der Waals surface area contributed by atoms with Crippen LogP contribution in [-0.2, 0) is 0 Å². The fourth-order valence-electron chi connectivity index (χ4n) is 2.67. The lowest BCUT2D eigenvalue weighted by Gasteiger charge is -2.24. The number of hydrogen-bond acceptors (Lipinski definition) is 2. The van der Waals surface area contributed by atoms with Gasteiger partial charge in [0, 0.05) is 6.04 Å². The highest BCUT2D eigenvalue weighted by Gasteiger charge is 2.16. The number of hydrogen-bond donors (Lipinski definition) is 1. The van der Waals surface area contributed by atoms with Crippen LogP contribution in [-0.4, -0.2) is 12.6 Å². The van der Waals surface area contributed by atoms with E-state index in [9.17, 15) is 0 Å². The summed E-state index contributed by atoms with van der Waals surface area (Å²) in [4.78, 5) is 0. The summed E-state index contributed by atoms with van der Waals surface area (Å²) in [5.41, 5.74) is 1.30. The third kappa shape index (κ3) is 4.22. The first-order chi connectivity index (χ1) is 9.20. The second kappa shape index (κ2) is 7.30. The van der Waals surface area contributed by atoms with Crippen molar-refractivity contribution in [1.29, 1.82) is 0 Å². The Labute approximate surface area is 125 Å². The van der Waals surface area contributed by atoms with E-state index < -0.39 is 0 Å². The molecule has 1 unspecified atom stereocenters. The van der Waals surface area contributed by atoms with Crippen molar-refractivity contribution in [3.8, 4) is 5.75 Å². The van der Waals surface area contributed by atoms with Crippen LogP contribution in [0.4, 0.5) is 0 Å². The lowest BCUT2D eigenvalue weighted by Crippen LogP contribution is -2.20. The SMILES string of the molecule is CCNC(C)c1ccc(OC2CCCCC2)c(Br)c1. The normalized spacial score (nSPS) is 18.3. The molecule has 1 aromatic carbocycles. The van der Waals surface area contributed by atoms with Crippen LogP contribution >= 0.6 is 15.9 Å². The summed E-state index contributed by atoms with van der Waals surface area (Å²) in [6.45, 7) is 5.30. The maximum atomic E-state index is 6.11. The van der Waals surface area contributed by atoms with Gasteiger partial charge in [-0.1, -0.05) is 19.4 Å². The van der Waals surface area contributed by atoms with Crippen molar-refractivity contribution in [2.24, 2.45) is 0 Å². The van der Waals surface area contributed by atoms with Gasteiger partial charge in [-0.3, -0.25) is 0 Å². The molecule has 1 fully saturated rings. The van der Waals surface area contributed by atoms with E-state index in [1.54, 1.807) is 0 Å². The monoisotopic (exact) mass is 325 g/mol. The molecule has 2 rings (SSSR count). The van der Waals surface area contributed by atoms with Gasteiger partial charge < -0.3 is 10.1 Å². The van der Waals surface area contributed by atoms with Gasteiger partial charge in [0.1, 0.15) is 5.75 Å². The Kier molecular flexibility index (Phi) is 5.71. The molecule has 1 atom stereocenters. The van der Waals surface area contributed by atoms with Crippen LogP contribution in [0.15, 0.2) is 22.7 Å². The molecule has 106 valence electrons. The van der Waals surface area contributed by atoms with Gasteiger partial charge in [0.05, 0.1) is 10.6 Å². The third-order valence-corrected chi connectivity index (χ3v) is 4.43. The number of halogens is 1. The molecule has 0 spiro atoms. The molecule has 1 aromatic rings. The molecule has 0 saturated heterocycles. The van der Waals surface area contributed by atoms with Crippen molar-refractivity contribution in [3.63, 3.8) is 0 Å². The number of rotatable bonds is 5. The first-order valence-electron chi connectivity index (χ1n) is 7.40. The van der Waals surface area contributed by atoms with Crippen molar-refractivity contribution in [3.05, 3.63) is 28.2 Å². The zero-order valence-corrected chi connectivity index (χ0v) is 13.5. The fourth-order valence-corrected chi connectivity index (χ4v) is 3.16. The molecule has 1 saturated carbocycles. The second-order valence-corrected chi connectivity index (χ2v) is 6.20. The maximum absolute atomic E-state index is 6.11. The van der Waals surface area contributed by atoms with Crippen LogP contribution < -0.4 is 10.1 Å². The third-order valence-electron chi connectivity index (χ3n) is 3.81. The smallest absolute Gasteiger partial charge is 0.133 e. The molecule has 0 aliphatic heterocycles. The molecule has 19 heavy (non-hydrogen) atoms. The van der Waals surface area contributed by atoms with Crippen LogP contribution in [0, 0.1) is 0 Å². The number of benzene rings is 1. The zero-order valence-electron chi connectivity index (χ0n) is 11.9. The van der Waals surface area contributed by atoms with E-state index in [1.165, 1.54) is 37.7 Å². The summed E-state index contributed by atoms with van der Waals surface area (Å²) in [6, 6.07) is 6.81. The maximum Gasteiger partial charge on any atom is 0.133 e.